The maximum absolute atomic E-state index is 12.3. The lowest BCUT2D eigenvalue weighted by molar-refractivity contribution is -0.152. The molecule has 1 aliphatic carbocycles. The van der Waals surface area contributed by atoms with Crippen LogP contribution in [0.1, 0.15) is 26.0 Å². The molecule has 0 spiro atoms. The molecule has 2 heterocycles. The highest BCUT2D eigenvalue weighted by molar-refractivity contribution is 5.91. The molecule has 1 aromatic rings. The van der Waals surface area contributed by atoms with E-state index in [-0.39, 0.29) is 11.3 Å². The van der Waals surface area contributed by atoms with Crippen molar-refractivity contribution in [1.29, 1.82) is 0 Å². The number of aromatic nitrogens is 2. The number of rotatable bonds is 4. The van der Waals surface area contributed by atoms with Gasteiger partial charge in [-0.3, -0.25) is 14.4 Å². The summed E-state index contributed by atoms with van der Waals surface area (Å²) in [7, 11) is 3.87. The molecule has 0 aromatic carbocycles. The fraction of sp³-hybridized carbons (Fsp3) is 0.750. The third-order valence-electron chi connectivity index (χ3n) is 5.18. The van der Waals surface area contributed by atoms with Gasteiger partial charge in [0.2, 0.25) is 5.91 Å². The highest BCUT2D eigenvalue weighted by Gasteiger charge is 2.60. The zero-order valence-corrected chi connectivity index (χ0v) is 14.1. The van der Waals surface area contributed by atoms with E-state index in [2.05, 4.69) is 29.2 Å². The van der Waals surface area contributed by atoms with Crippen molar-refractivity contribution in [2.75, 3.05) is 25.5 Å². The molecule has 0 radical (unpaired) electrons. The fourth-order valence-corrected chi connectivity index (χ4v) is 4.43. The van der Waals surface area contributed by atoms with Crippen LogP contribution in [0.15, 0.2) is 6.07 Å². The van der Waals surface area contributed by atoms with Crippen LogP contribution in [0.2, 0.25) is 0 Å². The second-order valence-corrected chi connectivity index (χ2v) is 7.27. The quantitative estimate of drug-likeness (QED) is 0.914. The number of hydrogen-bond donors (Lipinski definition) is 1. The van der Waals surface area contributed by atoms with Crippen molar-refractivity contribution in [3.63, 3.8) is 0 Å². The predicted molar refractivity (Wildman–Crippen MR) is 84.6 cm³/mol. The molecule has 2 fully saturated rings. The molecule has 6 nitrogen and oxygen atoms in total. The van der Waals surface area contributed by atoms with E-state index in [1.807, 2.05) is 27.1 Å². The first-order valence-corrected chi connectivity index (χ1v) is 7.93. The van der Waals surface area contributed by atoms with Gasteiger partial charge >= 0.3 is 0 Å². The highest BCUT2D eigenvalue weighted by Crippen LogP contribution is 2.54. The Balaban J connectivity index is 1.61. The maximum atomic E-state index is 12.3. The predicted octanol–water partition coefficient (Wildman–Crippen LogP) is 1.41. The van der Waals surface area contributed by atoms with E-state index in [4.69, 9.17) is 4.74 Å². The first kappa shape index (κ1) is 15.5. The smallest absolute Gasteiger partial charge is 0.239 e. The lowest BCUT2D eigenvalue weighted by atomic mass is 9.57. The molecule has 0 bridgehead atoms. The second kappa shape index (κ2) is 5.35. The Labute approximate surface area is 131 Å². The Kier molecular flexibility index (Phi) is 3.77. The van der Waals surface area contributed by atoms with Crippen LogP contribution in [0.3, 0.4) is 0 Å². The standard InChI is InChI=1S/C16H26N4O2/c1-10-8-12(20(5)18-10)17-13(21)9-19(4)14-11-6-7-22-15(11)16(14,2)3/h8,11,14-15H,6-7,9H2,1-5H3,(H,17,21)/t11-,14+,15-/m0/s1. The molecule has 1 saturated carbocycles. The Morgan fingerprint density at radius 3 is 2.95 bits per heavy atom. The van der Waals surface area contributed by atoms with Gasteiger partial charge in [0.1, 0.15) is 5.82 Å². The molecular formula is C16H26N4O2. The molecule has 0 unspecified atom stereocenters. The third-order valence-corrected chi connectivity index (χ3v) is 5.18. The summed E-state index contributed by atoms with van der Waals surface area (Å²) in [5.74, 6) is 1.31. The van der Waals surface area contributed by atoms with E-state index < -0.39 is 0 Å². The molecule has 1 aliphatic heterocycles. The fourth-order valence-electron chi connectivity index (χ4n) is 4.43. The first-order chi connectivity index (χ1) is 10.3. The van der Waals surface area contributed by atoms with Gasteiger partial charge < -0.3 is 10.1 Å². The molecule has 1 saturated heterocycles. The van der Waals surface area contributed by atoms with Crippen LogP contribution in [0, 0.1) is 18.3 Å². The molecule has 3 rings (SSSR count). The summed E-state index contributed by atoms with van der Waals surface area (Å²) < 4.78 is 7.52. The Hall–Kier alpha value is -1.40. The number of ether oxygens (including phenoxy) is 1. The van der Waals surface area contributed by atoms with Crippen molar-refractivity contribution >= 4 is 11.7 Å². The zero-order chi connectivity index (χ0) is 16.1. The van der Waals surface area contributed by atoms with Gasteiger partial charge in [-0.25, -0.2) is 0 Å². The molecule has 3 atom stereocenters. The summed E-state index contributed by atoms with van der Waals surface area (Å²) in [4.78, 5) is 14.5. The number of fused-ring (bicyclic) bond motifs is 1. The number of nitrogens with one attached hydrogen (secondary N) is 1. The van der Waals surface area contributed by atoms with E-state index in [1.165, 1.54) is 0 Å². The van der Waals surface area contributed by atoms with Crippen LogP contribution < -0.4 is 5.32 Å². The van der Waals surface area contributed by atoms with Crippen LogP contribution in [-0.4, -0.2) is 52.9 Å². The lowest BCUT2D eigenvalue weighted by Crippen LogP contribution is -2.66. The molecule has 1 N–H and O–H groups in total. The summed E-state index contributed by atoms with van der Waals surface area (Å²) in [5, 5.41) is 7.18. The van der Waals surface area contributed by atoms with E-state index >= 15 is 0 Å². The zero-order valence-electron chi connectivity index (χ0n) is 14.1. The molecule has 22 heavy (non-hydrogen) atoms. The molecular weight excluding hydrogens is 280 g/mol. The van der Waals surface area contributed by atoms with E-state index in [0.29, 0.717) is 24.6 Å². The minimum atomic E-state index is 0.00339. The van der Waals surface area contributed by atoms with Gasteiger partial charge in [-0.1, -0.05) is 13.8 Å². The van der Waals surface area contributed by atoms with Crippen LogP contribution in [-0.2, 0) is 16.6 Å². The van der Waals surface area contributed by atoms with Crippen LogP contribution >= 0.6 is 0 Å². The van der Waals surface area contributed by atoms with Crippen molar-refractivity contribution in [3.8, 4) is 0 Å². The monoisotopic (exact) mass is 306 g/mol. The van der Waals surface area contributed by atoms with Gasteiger partial charge in [0, 0.05) is 37.1 Å². The number of aryl methyl sites for hydroxylation is 2. The maximum Gasteiger partial charge on any atom is 0.239 e. The van der Waals surface area contributed by atoms with E-state index in [0.717, 1.165) is 24.5 Å². The van der Waals surface area contributed by atoms with Crippen molar-refractivity contribution in [2.45, 2.75) is 39.3 Å². The number of likely N-dealkylation sites (N-methyl/N-ethyl adjacent to an activating group) is 1. The minimum absolute atomic E-state index is 0.00339. The minimum Gasteiger partial charge on any atom is -0.377 e. The van der Waals surface area contributed by atoms with Gasteiger partial charge in [-0.15, -0.1) is 0 Å². The number of anilines is 1. The number of carbonyl (C=O) groups is 1. The van der Waals surface area contributed by atoms with E-state index in [1.54, 1.807) is 4.68 Å². The van der Waals surface area contributed by atoms with Crippen molar-refractivity contribution in [3.05, 3.63) is 11.8 Å². The largest absolute Gasteiger partial charge is 0.377 e. The number of amides is 1. The summed E-state index contributed by atoms with van der Waals surface area (Å²) in [6.45, 7) is 7.64. The lowest BCUT2D eigenvalue weighted by Gasteiger charge is -2.57. The second-order valence-electron chi connectivity index (χ2n) is 7.27. The third kappa shape index (κ3) is 2.44. The van der Waals surface area contributed by atoms with Gasteiger partial charge in [0.15, 0.2) is 0 Å². The molecule has 122 valence electrons. The van der Waals surface area contributed by atoms with Gasteiger partial charge in [0.05, 0.1) is 18.3 Å². The summed E-state index contributed by atoms with van der Waals surface area (Å²) in [5.41, 5.74) is 1.01. The summed E-state index contributed by atoms with van der Waals surface area (Å²) in [6, 6.07) is 2.28. The average Bonchev–Trinajstić information content (AvgIpc) is 2.94. The van der Waals surface area contributed by atoms with Crippen molar-refractivity contribution in [1.82, 2.24) is 14.7 Å². The molecule has 1 aromatic heterocycles. The number of hydrogen-bond acceptors (Lipinski definition) is 4. The highest BCUT2D eigenvalue weighted by atomic mass is 16.5. The first-order valence-electron chi connectivity index (χ1n) is 7.93. The van der Waals surface area contributed by atoms with Gasteiger partial charge in [-0.2, -0.15) is 5.10 Å². The number of nitrogens with zero attached hydrogens (tertiary/aromatic N) is 3. The van der Waals surface area contributed by atoms with E-state index in [9.17, 15) is 4.79 Å². The van der Waals surface area contributed by atoms with Crippen LogP contribution in [0.5, 0.6) is 0 Å². The van der Waals surface area contributed by atoms with Crippen molar-refractivity contribution in [2.24, 2.45) is 18.4 Å². The van der Waals surface area contributed by atoms with Crippen molar-refractivity contribution < 1.29 is 9.53 Å². The molecule has 6 heteroatoms. The van der Waals surface area contributed by atoms with Gasteiger partial charge in [-0.05, 0) is 20.4 Å². The molecule has 2 aliphatic rings. The summed E-state index contributed by atoms with van der Waals surface area (Å²) >= 11 is 0. The Morgan fingerprint density at radius 2 is 2.32 bits per heavy atom. The Bertz CT molecular complexity index is 581. The molecule has 1 amide bonds. The van der Waals surface area contributed by atoms with Crippen LogP contribution in [0.4, 0.5) is 5.82 Å². The normalized spacial score (nSPS) is 29.3. The van der Waals surface area contributed by atoms with Gasteiger partial charge in [0.25, 0.3) is 0 Å². The Morgan fingerprint density at radius 1 is 1.59 bits per heavy atom. The summed E-state index contributed by atoms with van der Waals surface area (Å²) in [6.07, 6.45) is 1.45. The SMILES string of the molecule is Cc1cc(NC(=O)CN(C)[C@@H]2[C@@H]3CCO[C@@H]3C2(C)C)n(C)n1. The average molecular weight is 306 g/mol. The number of carbonyl (C=O) groups excluding carboxylic acids is 1. The van der Waals surface area contributed by atoms with Crippen LogP contribution in [0.25, 0.3) is 0 Å². The topological polar surface area (TPSA) is 59.4 Å².